The molecule has 0 aliphatic heterocycles. The van der Waals surface area contributed by atoms with E-state index in [1.807, 2.05) is 0 Å². The van der Waals surface area contributed by atoms with Crippen molar-refractivity contribution in [2.75, 3.05) is 11.9 Å². The summed E-state index contributed by atoms with van der Waals surface area (Å²) >= 11 is 9.10. The second-order valence-electron chi connectivity index (χ2n) is 2.53. The minimum Gasteiger partial charge on any atom is -0.436 e. The van der Waals surface area contributed by atoms with Gasteiger partial charge in [0.1, 0.15) is 0 Å². The van der Waals surface area contributed by atoms with Crippen LogP contribution in [-0.4, -0.2) is 12.7 Å². The SMILES string of the molecule is C#CCOC(=O)Nc1cc(Br)ccc1Cl. The molecule has 1 N–H and O–H groups in total. The van der Waals surface area contributed by atoms with Crippen LogP contribution in [0.25, 0.3) is 0 Å². The largest absolute Gasteiger partial charge is 0.436 e. The Balaban J connectivity index is 2.68. The predicted molar refractivity (Wildman–Crippen MR) is 63.0 cm³/mol. The standard InChI is InChI=1S/C10H7BrClNO2/c1-2-5-15-10(14)13-9-6-7(11)3-4-8(9)12/h1,3-4,6H,5H2,(H,13,14). The summed E-state index contributed by atoms with van der Waals surface area (Å²) in [6, 6.07) is 5.09. The number of nitrogens with one attached hydrogen (secondary N) is 1. The smallest absolute Gasteiger partial charge is 0.412 e. The molecule has 0 heterocycles. The highest BCUT2D eigenvalue weighted by atomic mass is 79.9. The third-order valence-corrected chi connectivity index (χ3v) is 2.27. The summed E-state index contributed by atoms with van der Waals surface area (Å²) in [6.07, 6.45) is 4.30. The quantitative estimate of drug-likeness (QED) is 0.848. The number of halogens is 2. The molecule has 0 spiro atoms. The Labute approximate surface area is 101 Å². The molecule has 0 radical (unpaired) electrons. The first kappa shape index (κ1) is 11.9. The van der Waals surface area contributed by atoms with Crippen molar-refractivity contribution in [1.82, 2.24) is 0 Å². The molecule has 0 unspecified atom stereocenters. The number of carbonyl (C=O) groups is 1. The van der Waals surface area contributed by atoms with E-state index in [0.717, 1.165) is 4.47 Å². The van der Waals surface area contributed by atoms with Gasteiger partial charge in [-0.05, 0) is 18.2 Å². The van der Waals surface area contributed by atoms with Crippen molar-refractivity contribution in [2.45, 2.75) is 0 Å². The number of rotatable bonds is 2. The van der Waals surface area contributed by atoms with E-state index < -0.39 is 6.09 Å². The predicted octanol–water partition coefficient (Wildman–Crippen LogP) is 3.28. The normalized spacial score (nSPS) is 9.13. The van der Waals surface area contributed by atoms with Gasteiger partial charge in [0.2, 0.25) is 0 Å². The van der Waals surface area contributed by atoms with Crippen LogP contribution in [0.3, 0.4) is 0 Å². The van der Waals surface area contributed by atoms with Crippen LogP contribution in [0.1, 0.15) is 0 Å². The van der Waals surface area contributed by atoms with Gasteiger partial charge in [0, 0.05) is 4.47 Å². The first-order valence-electron chi connectivity index (χ1n) is 3.96. The molecule has 0 aromatic heterocycles. The van der Waals surface area contributed by atoms with Crippen LogP contribution in [0, 0.1) is 12.3 Å². The van der Waals surface area contributed by atoms with Crippen LogP contribution >= 0.6 is 27.5 Å². The summed E-state index contributed by atoms with van der Waals surface area (Å²) in [5, 5.41) is 2.89. The lowest BCUT2D eigenvalue weighted by atomic mass is 10.3. The number of hydrogen-bond acceptors (Lipinski definition) is 2. The molecular formula is C10H7BrClNO2. The monoisotopic (exact) mass is 287 g/mol. The van der Waals surface area contributed by atoms with Crippen molar-refractivity contribution < 1.29 is 9.53 Å². The van der Waals surface area contributed by atoms with E-state index >= 15 is 0 Å². The van der Waals surface area contributed by atoms with Crippen molar-refractivity contribution in [3.63, 3.8) is 0 Å². The Hall–Kier alpha value is -1.18. The molecule has 0 aliphatic carbocycles. The Kier molecular flexibility index (Phi) is 4.47. The van der Waals surface area contributed by atoms with Crippen LogP contribution < -0.4 is 5.32 Å². The maximum Gasteiger partial charge on any atom is 0.412 e. The highest BCUT2D eigenvalue weighted by molar-refractivity contribution is 9.10. The first-order chi connectivity index (χ1) is 7.13. The second kappa shape index (κ2) is 5.64. The molecule has 0 aliphatic rings. The number of amides is 1. The van der Waals surface area contributed by atoms with Gasteiger partial charge in [-0.3, -0.25) is 5.32 Å². The van der Waals surface area contributed by atoms with Crippen molar-refractivity contribution in [2.24, 2.45) is 0 Å². The van der Waals surface area contributed by atoms with Gasteiger partial charge in [0.15, 0.2) is 6.61 Å². The topological polar surface area (TPSA) is 38.3 Å². The molecule has 5 heteroatoms. The third kappa shape index (κ3) is 3.82. The number of hydrogen-bond donors (Lipinski definition) is 1. The zero-order valence-corrected chi connectivity index (χ0v) is 9.93. The van der Waals surface area contributed by atoms with Gasteiger partial charge in [-0.25, -0.2) is 4.79 Å². The highest BCUT2D eigenvalue weighted by Crippen LogP contribution is 2.25. The average molecular weight is 289 g/mol. The van der Waals surface area contributed by atoms with E-state index in [4.69, 9.17) is 18.0 Å². The number of carbonyl (C=O) groups excluding carboxylic acids is 1. The summed E-state index contributed by atoms with van der Waals surface area (Å²) < 4.78 is 5.43. The summed E-state index contributed by atoms with van der Waals surface area (Å²) in [7, 11) is 0. The summed E-state index contributed by atoms with van der Waals surface area (Å²) in [5.41, 5.74) is 0.466. The van der Waals surface area contributed by atoms with Gasteiger partial charge in [0.05, 0.1) is 10.7 Å². The number of ether oxygens (including phenoxy) is 1. The van der Waals surface area contributed by atoms with Gasteiger partial charge >= 0.3 is 6.09 Å². The van der Waals surface area contributed by atoms with Crippen LogP contribution in [0.5, 0.6) is 0 Å². The minimum absolute atomic E-state index is 0.0720. The van der Waals surface area contributed by atoms with Gasteiger partial charge in [0.25, 0.3) is 0 Å². The molecule has 15 heavy (non-hydrogen) atoms. The molecule has 1 aromatic carbocycles. The molecule has 0 bridgehead atoms. The van der Waals surface area contributed by atoms with E-state index in [2.05, 4.69) is 31.9 Å². The molecule has 1 rings (SSSR count). The summed E-state index contributed by atoms with van der Waals surface area (Å²) in [6.45, 7) is -0.0720. The van der Waals surface area contributed by atoms with Crippen LogP contribution in [0.2, 0.25) is 5.02 Å². The van der Waals surface area contributed by atoms with Crippen LogP contribution in [0.4, 0.5) is 10.5 Å². The fourth-order valence-electron chi connectivity index (χ4n) is 0.847. The average Bonchev–Trinajstić information content (AvgIpc) is 2.20. The number of terminal acetylenes is 1. The summed E-state index contributed by atoms with van der Waals surface area (Å²) in [5.74, 6) is 2.19. The first-order valence-corrected chi connectivity index (χ1v) is 5.13. The lowest BCUT2D eigenvalue weighted by Crippen LogP contribution is -2.13. The van der Waals surface area contributed by atoms with Gasteiger partial charge in [-0.15, -0.1) is 6.42 Å². The van der Waals surface area contributed by atoms with Gasteiger partial charge < -0.3 is 4.74 Å². The molecule has 0 atom stereocenters. The lowest BCUT2D eigenvalue weighted by Gasteiger charge is -2.06. The van der Waals surface area contributed by atoms with E-state index in [0.29, 0.717) is 10.7 Å². The van der Waals surface area contributed by atoms with Crippen LogP contribution in [0.15, 0.2) is 22.7 Å². The Morgan fingerprint density at radius 2 is 2.40 bits per heavy atom. The zero-order chi connectivity index (χ0) is 11.3. The fourth-order valence-corrected chi connectivity index (χ4v) is 1.37. The van der Waals surface area contributed by atoms with Gasteiger partial charge in [-0.2, -0.15) is 0 Å². The van der Waals surface area contributed by atoms with E-state index in [-0.39, 0.29) is 6.61 Å². The zero-order valence-electron chi connectivity index (χ0n) is 7.59. The Morgan fingerprint density at radius 3 is 3.07 bits per heavy atom. The molecule has 0 saturated heterocycles. The molecule has 1 amide bonds. The minimum atomic E-state index is -0.632. The van der Waals surface area contributed by atoms with E-state index in [1.165, 1.54) is 0 Å². The van der Waals surface area contributed by atoms with E-state index in [1.54, 1.807) is 18.2 Å². The van der Waals surface area contributed by atoms with E-state index in [9.17, 15) is 4.79 Å². The number of benzene rings is 1. The van der Waals surface area contributed by atoms with Gasteiger partial charge in [-0.1, -0.05) is 33.5 Å². The molecule has 0 saturated carbocycles. The Bertz CT molecular complexity index is 414. The molecule has 0 fully saturated rings. The summed E-state index contributed by atoms with van der Waals surface area (Å²) in [4.78, 5) is 11.1. The number of anilines is 1. The Morgan fingerprint density at radius 1 is 1.67 bits per heavy atom. The highest BCUT2D eigenvalue weighted by Gasteiger charge is 2.06. The molecule has 3 nitrogen and oxygen atoms in total. The van der Waals surface area contributed by atoms with Crippen molar-refractivity contribution in [3.8, 4) is 12.3 Å². The van der Waals surface area contributed by atoms with Crippen LogP contribution in [-0.2, 0) is 4.74 Å². The molecule has 1 aromatic rings. The third-order valence-electron chi connectivity index (χ3n) is 1.45. The van der Waals surface area contributed by atoms with Crippen molar-refractivity contribution in [3.05, 3.63) is 27.7 Å². The maximum atomic E-state index is 11.1. The molecular weight excluding hydrogens is 281 g/mol. The van der Waals surface area contributed by atoms with Crippen molar-refractivity contribution >= 4 is 39.3 Å². The van der Waals surface area contributed by atoms with Crippen molar-refractivity contribution in [1.29, 1.82) is 0 Å². The maximum absolute atomic E-state index is 11.1. The fraction of sp³-hybridized carbons (Fsp3) is 0.100. The lowest BCUT2D eigenvalue weighted by molar-refractivity contribution is 0.176. The molecule has 78 valence electrons. The second-order valence-corrected chi connectivity index (χ2v) is 3.85.